The van der Waals surface area contributed by atoms with E-state index in [-0.39, 0.29) is 11.1 Å². The summed E-state index contributed by atoms with van der Waals surface area (Å²) in [6, 6.07) is 6.67. The lowest BCUT2D eigenvalue weighted by Gasteiger charge is -2.09. The molecule has 0 aliphatic heterocycles. The Hall–Kier alpha value is -1.84. The van der Waals surface area contributed by atoms with Crippen LogP contribution in [0.1, 0.15) is 85.9 Å². The van der Waals surface area contributed by atoms with Crippen molar-refractivity contribution >= 4 is 11.9 Å². The molecule has 1 aromatic carbocycles. The van der Waals surface area contributed by atoms with Gasteiger partial charge in [-0.1, -0.05) is 64.5 Å². The van der Waals surface area contributed by atoms with E-state index in [4.69, 9.17) is 9.47 Å². The second-order valence-electron chi connectivity index (χ2n) is 5.94. The minimum Gasteiger partial charge on any atom is -0.462 e. The Morgan fingerprint density at radius 2 is 1.17 bits per heavy atom. The first-order chi connectivity index (χ1) is 11.7. The number of rotatable bonds is 12. The fourth-order valence-electron chi connectivity index (χ4n) is 2.35. The molecule has 1 aromatic rings. The van der Waals surface area contributed by atoms with Gasteiger partial charge in [-0.25, -0.2) is 9.59 Å². The summed E-state index contributed by atoms with van der Waals surface area (Å²) in [5, 5.41) is 0. The van der Waals surface area contributed by atoms with Crippen LogP contribution in [-0.2, 0) is 9.47 Å². The third kappa shape index (κ3) is 7.62. The molecule has 0 radical (unpaired) electrons. The molecule has 0 heterocycles. The number of carbonyl (C=O) groups is 2. The highest BCUT2D eigenvalue weighted by Crippen LogP contribution is 2.13. The van der Waals surface area contributed by atoms with Gasteiger partial charge in [0.05, 0.1) is 24.3 Å². The summed E-state index contributed by atoms with van der Waals surface area (Å²) in [4.78, 5) is 24.3. The van der Waals surface area contributed by atoms with Crippen LogP contribution in [0.15, 0.2) is 24.3 Å². The number of unbranched alkanes of at least 4 members (excludes halogenated alkanes) is 6. The molecule has 0 saturated heterocycles. The lowest BCUT2D eigenvalue weighted by Crippen LogP contribution is -2.15. The highest BCUT2D eigenvalue weighted by atomic mass is 16.5. The van der Waals surface area contributed by atoms with E-state index in [1.54, 1.807) is 24.3 Å². The van der Waals surface area contributed by atoms with E-state index in [1.807, 2.05) is 6.92 Å². The fraction of sp³-hybridized carbons (Fsp3) is 0.600. The molecule has 0 atom stereocenters. The quantitative estimate of drug-likeness (QED) is 0.391. The molecule has 134 valence electrons. The number of hydrogen-bond acceptors (Lipinski definition) is 4. The lowest BCUT2D eigenvalue weighted by molar-refractivity contribution is 0.0451. The Labute approximate surface area is 145 Å². The molecule has 0 spiro atoms. The maximum absolute atomic E-state index is 12.2. The molecule has 1 rings (SSSR count). The fourth-order valence-corrected chi connectivity index (χ4v) is 2.35. The van der Waals surface area contributed by atoms with Gasteiger partial charge in [0, 0.05) is 0 Å². The van der Waals surface area contributed by atoms with Crippen molar-refractivity contribution in [1.82, 2.24) is 0 Å². The number of benzene rings is 1. The molecule has 4 heteroatoms. The Kier molecular flexibility index (Phi) is 10.6. The summed E-state index contributed by atoms with van der Waals surface area (Å²) in [6.45, 7) is 4.98. The lowest BCUT2D eigenvalue weighted by atomic mass is 10.1. The smallest absolute Gasteiger partial charge is 0.339 e. The summed E-state index contributed by atoms with van der Waals surface area (Å²) >= 11 is 0. The predicted octanol–water partition coefficient (Wildman–Crippen LogP) is 5.16. The van der Waals surface area contributed by atoms with Crippen molar-refractivity contribution in [3.63, 3.8) is 0 Å². The molecular weight excluding hydrogens is 304 g/mol. The molecule has 0 fully saturated rings. The molecule has 0 aromatic heterocycles. The van der Waals surface area contributed by atoms with Gasteiger partial charge in [-0.05, 0) is 25.0 Å². The van der Waals surface area contributed by atoms with Gasteiger partial charge in [0.1, 0.15) is 0 Å². The van der Waals surface area contributed by atoms with Crippen LogP contribution in [0, 0.1) is 0 Å². The monoisotopic (exact) mass is 334 g/mol. The van der Waals surface area contributed by atoms with E-state index in [9.17, 15) is 9.59 Å². The highest BCUT2D eigenvalue weighted by molar-refractivity contribution is 6.03. The molecule has 4 nitrogen and oxygen atoms in total. The second-order valence-corrected chi connectivity index (χ2v) is 5.94. The van der Waals surface area contributed by atoms with Crippen LogP contribution in [0.25, 0.3) is 0 Å². The number of ether oxygens (including phenoxy) is 2. The van der Waals surface area contributed by atoms with Gasteiger partial charge >= 0.3 is 11.9 Å². The summed E-state index contributed by atoms with van der Waals surface area (Å²) < 4.78 is 10.5. The summed E-state index contributed by atoms with van der Waals surface area (Å²) in [7, 11) is 0. The van der Waals surface area contributed by atoms with E-state index in [2.05, 4.69) is 6.92 Å². The topological polar surface area (TPSA) is 52.6 Å². The molecule has 0 N–H and O–H groups in total. The Morgan fingerprint density at radius 1 is 0.708 bits per heavy atom. The SMILES string of the molecule is CCCCCCCCOC(=O)c1ccccc1C(=O)OCCCC. The van der Waals surface area contributed by atoms with Crippen molar-refractivity contribution in [1.29, 1.82) is 0 Å². The zero-order valence-corrected chi connectivity index (χ0v) is 15.0. The van der Waals surface area contributed by atoms with Crippen molar-refractivity contribution in [2.45, 2.75) is 65.2 Å². The second kappa shape index (κ2) is 12.6. The molecule has 24 heavy (non-hydrogen) atoms. The van der Waals surface area contributed by atoms with Crippen molar-refractivity contribution in [2.24, 2.45) is 0 Å². The molecule has 0 aliphatic carbocycles. The van der Waals surface area contributed by atoms with Crippen molar-refractivity contribution in [2.75, 3.05) is 13.2 Å². The number of hydrogen-bond donors (Lipinski definition) is 0. The normalized spacial score (nSPS) is 10.4. The average Bonchev–Trinajstić information content (AvgIpc) is 2.61. The van der Waals surface area contributed by atoms with Crippen molar-refractivity contribution in [3.8, 4) is 0 Å². The standard InChI is InChI=1S/C20H30O4/c1-3-5-7-8-9-12-16-24-20(22)18-14-11-10-13-17(18)19(21)23-15-6-4-2/h10-11,13-14H,3-9,12,15-16H2,1-2H3. The largest absolute Gasteiger partial charge is 0.462 e. The summed E-state index contributed by atoms with van der Waals surface area (Å²) in [6.07, 6.45) is 8.58. The zero-order valence-electron chi connectivity index (χ0n) is 15.0. The van der Waals surface area contributed by atoms with Crippen molar-refractivity contribution < 1.29 is 19.1 Å². The van der Waals surface area contributed by atoms with Crippen LogP contribution in [-0.4, -0.2) is 25.2 Å². The summed E-state index contributed by atoms with van der Waals surface area (Å²) in [5.74, 6) is -0.915. The predicted molar refractivity (Wildman–Crippen MR) is 95.3 cm³/mol. The van der Waals surface area contributed by atoms with Crippen LogP contribution in [0.3, 0.4) is 0 Å². The first kappa shape index (κ1) is 20.2. The van der Waals surface area contributed by atoms with Crippen LogP contribution in [0.4, 0.5) is 0 Å². The Balaban J connectivity index is 2.45. The van der Waals surface area contributed by atoms with Gasteiger partial charge in [0.15, 0.2) is 0 Å². The van der Waals surface area contributed by atoms with Crippen LogP contribution in [0.2, 0.25) is 0 Å². The third-order valence-electron chi connectivity index (χ3n) is 3.83. The number of esters is 2. The van der Waals surface area contributed by atoms with Gasteiger partial charge in [-0.2, -0.15) is 0 Å². The zero-order chi connectivity index (χ0) is 17.6. The van der Waals surface area contributed by atoms with E-state index in [0.29, 0.717) is 13.2 Å². The molecule has 0 amide bonds. The molecule has 0 bridgehead atoms. The average molecular weight is 334 g/mol. The minimum atomic E-state index is -0.462. The van der Waals surface area contributed by atoms with Gasteiger partial charge < -0.3 is 9.47 Å². The van der Waals surface area contributed by atoms with E-state index in [1.165, 1.54) is 25.7 Å². The third-order valence-corrected chi connectivity index (χ3v) is 3.83. The van der Waals surface area contributed by atoms with Crippen molar-refractivity contribution in [3.05, 3.63) is 35.4 Å². The molecule has 0 unspecified atom stereocenters. The highest BCUT2D eigenvalue weighted by Gasteiger charge is 2.18. The number of carbonyl (C=O) groups excluding carboxylic acids is 2. The van der Waals surface area contributed by atoms with Gasteiger partial charge in [-0.15, -0.1) is 0 Å². The van der Waals surface area contributed by atoms with Gasteiger partial charge in [0.25, 0.3) is 0 Å². The Bertz CT molecular complexity index is 496. The van der Waals surface area contributed by atoms with E-state index >= 15 is 0 Å². The van der Waals surface area contributed by atoms with Gasteiger partial charge in [0.2, 0.25) is 0 Å². The first-order valence-electron chi connectivity index (χ1n) is 9.14. The summed E-state index contributed by atoms with van der Waals surface area (Å²) in [5.41, 5.74) is 0.562. The first-order valence-corrected chi connectivity index (χ1v) is 9.14. The maximum Gasteiger partial charge on any atom is 0.339 e. The Morgan fingerprint density at radius 3 is 1.71 bits per heavy atom. The van der Waals surface area contributed by atoms with Crippen LogP contribution in [0.5, 0.6) is 0 Å². The van der Waals surface area contributed by atoms with E-state index < -0.39 is 11.9 Å². The molecule has 0 aliphatic rings. The van der Waals surface area contributed by atoms with Gasteiger partial charge in [-0.3, -0.25) is 0 Å². The van der Waals surface area contributed by atoms with Crippen LogP contribution >= 0.6 is 0 Å². The van der Waals surface area contributed by atoms with E-state index in [0.717, 1.165) is 25.7 Å². The molecular formula is C20H30O4. The molecule has 0 saturated carbocycles. The minimum absolute atomic E-state index is 0.279. The maximum atomic E-state index is 12.2. The van der Waals surface area contributed by atoms with Crippen LogP contribution < -0.4 is 0 Å².